The van der Waals surface area contributed by atoms with Crippen molar-refractivity contribution in [2.75, 3.05) is 11.4 Å². The molecule has 1 fully saturated rings. The van der Waals surface area contributed by atoms with Gasteiger partial charge in [0.1, 0.15) is 0 Å². The molecule has 0 radical (unpaired) electrons. The van der Waals surface area contributed by atoms with Crippen molar-refractivity contribution in [3.63, 3.8) is 0 Å². The molecule has 120 valence electrons. The third-order valence-corrected chi connectivity index (χ3v) is 5.45. The molecule has 0 unspecified atom stereocenters. The third kappa shape index (κ3) is 3.02. The van der Waals surface area contributed by atoms with Crippen LogP contribution in [0.15, 0.2) is 23.1 Å². The van der Waals surface area contributed by atoms with E-state index in [1.807, 2.05) is 0 Å². The van der Waals surface area contributed by atoms with Crippen LogP contribution in [0.3, 0.4) is 0 Å². The quantitative estimate of drug-likeness (QED) is 0.856. The molecule has 1 heterocycles. The van der Waals surface area contributed by atoms with Gasteiger partial charge in [-0.1, -0.05) is 17.7 Å². The molecule has 1 amide bonds. The summed E-state index contributed by atoms with van der Waals surface area (Å²) in [7, 11) is -3.68. The molecule has 0 atom stereocenters. The van der Waals surface area contributed by atoms with Crippen molar-refractivity contribution in [3.05, 3.63) is 23.8 Å². The molecule has 1 N–H and O–H groups in total. The summed E-state index contributed by atoms with van der Waals surface area (Å²) < 4.78 is 24.6. The van der Waals surface area contributed by atoms with Gasteiger partial charge in [-0.2, -0.15) is 0 Å². The van der Waals surface area contributed by atoms with E-state index in [9.17, 15) is 13.2 Å². The van der Waals surface area contributed by atoms with Crippen LogP contribution in [0.2, 0.25) is 0 Å². The number of carbonyl (C=O) groups excluding carboxylic acids is 1. The highest BCUT2D eigenvalue weighted by Gasteiger charge is 2.26. The maximum Gasteiger partial charge on any atom is 0.262 e. The smallest absolute Gasteiger partial charge is 0.262 e. The van der Waals surface area contributed by atoms with Crippen LogP contribution in [-0.2, 0) is 26.1 Å². The number of benzene rings is 1. The van der Waals surface area contributed by atoms with Crippen molar-refractivity contribution in [1.82, 2.24) is 4.89 Å². The van der Waals surface area contributed by atoms with E-state index in [4.69, 9.17) is 4.84 Å². The lowest BCUT2D eigenvalue weighted by Crippen LogP contribution is -2.28. The van der Waals surface area contributed by atoms with Crippen LogP contribution < -0.4 is 9.79 Å². The van der Waals surface area contributed by atoms with Crippen molar-refractivity contribution in [2.45, 2.75) is 50.0 Å². The van der Waals surface area contributed by atoms with E-state index >= 15 is 0 Å². The number of amides is 1. The van der Waals surface area contributed by atoms with Crippen molar-refractivity contribution in [1.29, 1.82) is 0 Å². The van der Waals surface area contributed by atoms with Crippen LogP contribution >= 0.6 is 0 Å². The molecule has 6 nitrogen and oxygen atoms in total. The Morgan fingerprint density at radius 1 is 1.32 bits per heavy atom. The summed E-state index contributed by atoms with van der Waals surface area (Å²) in [6.07, 6.45) is 4.57. The Hall–Kier alpha value is -1.44. The summed E-state index contributed by atoms with van der Waals surface area (Å²) in [6, 6.07) is 4.83. The first-order valence-corrected chi connectivity index (χ1v) is 9.04. The summed E-state index contributed by atoms with van der Waals surface area (Å²) in [5.41, 5.74) is 1.67. The lowest BCUT2D eigenvalue weighted by molar-refractivity contribution is -0.116. The van der Waals surface area contributed by atoms with Crippen LogP contribution in [0.5, 0.6) is 0 Å². The molecule has 0 saturated heterocycles. The van der Waals surface area contributed by atoms with E-state index in [-0.39, 0.29) is 16.9 Å². The molecule has 1 aliphatic carbocycles. The van der Waals surface area contributed by atoms with Gasteiger partial charge in [0.2, 0.25) is 5.91 Å². The highest BCUT2D eigenvalue weighted by molar-refractivity contribution is 7.89. The van der Waals surface area contributed by atoms with Crippen LogP contribution in [0.4, 0.5) is 5.69 Å². The van der Waals surface area contributed by atoms with E-state index < -0.39 is 10.0 Å². The van der Waals surface area contributed by atoms with Gasteiger partial charge in [0.15, 0.2) is 0 Å². The SMILES string of the molecule is CC(=O)N1CCc2cc(S(=O)(=O)NOC3CCCC3)ccc21. The molecule has 0 aromatic heterocycles. The molecule has 3 rings (SSSR count). The predicted molar refractivity (Wildman–Crippen MR) is 81.8 cm³/mol. The highest BCUT2D eigenvalue weighted by Crippen LogP contribution is 2.30. The van der Waals surface area contributed by atoms with Crippen molar-refractivity contribution in [3.8, 4) is 0 Å². The van der Waals surface area contributed by atoms with Gasteiger partial charge >= 0.3 is 0 Å². The minimum absolute atomic E-state index is 0.0302. The molecule has 1 aliphatic heterocycles. The highest BCUT2D eigenvalue weighted by atomic mass is 32.2. The van der Waals surface area contributed by atoms with Crippen molar-refractivity contribution in [2.24, 2.45) is 0 Å². The lowest BCUT2D eigenvalue weighted by Gasteiger charge is -2.15. The van der Waals surface area contributed by atoms with Crippen LogP contribution in [0, 0.1) is 0 Å². The van der Waals surface area contributed by atoms with Gasteiger partial charge in [0.25, 0.3) is 10.0 Å². The van der Waals surface area contributed by atoms with Gasteiger partial charge < -0.3 is 4.90 Å². The average Bonchev–Trinajstić information content (AvgIpc) is 3.13. The molecule has 1 aromatic rings. The molecule has 0 spiro atoms. The number of hydrogen-bond acceptors (Lipinski definition) is 4. The Morgan fingerprint density at radius 3 is 2.73 bits per heavy atom. The maximum absolute atomic E-state index is 12.3. The summed E-state index contributed by atoms with van der Waals surface area (Å²) in [5.74, 6) is -0.0305. The Morgan fingerprint density at radius 2 is 2.05 bits per heavy atom. The minimum Gasteiger partial charge on any atom is -0.312 e. The van der Waals surface area contributed by atoms with Crippen LogP contribution in [0.1, 0.15) is 38.2 Å². The van der Waals surface area contributed by atoms with Gasteiger partial charge in [0, 0.05) is 19.2 Å². The number of nitrogens with one attached hydrogen (secondary N) is 1. The number of fused-ring (bicyclic) bond motifs is 1. The second-order valence-electron chi connectivity index (χ2n) is 5.82. The summed E-state index contributed by atoms with van der Waals surface area (Å²) in [6.45, 7) is 2.11. The van der Waals surface area contributed by atoms with E-state index in [0.29, 0.717) is 13.0 Å². The first-order valence-electron chi connectivity index (χ1n) is 7.56. The standard InChI is InChI=1S/C15H20N2O4S/c1-11(18)17-9-8-12-10-14(6-7-15(12)17)22(19,20)16-21-13-4-2-3-5-13/h6-7,10,13,16H,2-5,8-9H2,1H3. The van der Waals surface area contributed by atoms with E-state index in [1.165, 1.54) is 13.0 Å². The number of rotatable bonds is 4. The second kappa shape index (κ2) is 5.98. The van der Waals surface area contributed by atoms with Gasteiger partial charge in [0.05, 0.1) is 11.0 Å². The molecular formula is C15H20N2O4S. The zero-order valence-corrected chi connectivity index (χ0v) is 13.4. The number of sulfonamides is 1. The number of anilines is 1. The molecule has 22 heavy (non-hydrogen) atoms. The normalized spacial score (nSPS) is 18.7. The van der Waals surface area contributed by atoms with Crippen molar-refractivity contribution >= 4 is 21.6 Å². The maximum atomic E-state index is 12.3. The van der Waals surface area contributed by atoms with Crippen molar-refractivity contribution < 1.29 is 18.0 Å². The summed E-state index contributed by atoms with van der Waals surface area (Å²) in [5, 5.41) is 0. The summed E-state index contributed by atoms with van der Waals surface area (Å²) in [4.78, 5) is 20.9. The fraction of sp³-hybridized carbons (Fsp3) is 0.533. The predicted octanol–water partition coefficient (Wildman–Crippen LogP) is 1.75. The third-order valence-electron chi connectivity index (χ3n) is 4.26. The largest absolute Gasteiger partial charge is 0.312 e. The van der Waals surface area contributed by atoms with E-state index in [2.05, 4.69) is 4.89 Å². The molecule has 7 heteroatoms. The van der Waals surface area contributed by atoms with Crippen LogP contribution in [-0.4, -0.2) is 27.0 Å². The first kappa shape index (κ1) is 15.5. The monoisotopic (exact) mass is 324 g/mol. The molecule has 1 aromatic carbocycles. The Bertz CT molecular complexity index is 681. The topological polar surface area (TPSA) is 75.7 Å². The van der Waals surface area contributed by atoms with Crippen LogP contribution in [0.25, 0.3) is 0 Å². The zero-order valence-electron chi connectivity index (χ0n) is 12.5. The fourth-order valence-corrected chi connectivity index (χ4v) is 3.96. The fourth-order valence-electron chi connectivity index (χ4n) is 3.06. The number of hydrogen-bond donors (Lipinski definition) is 1. The average molecular weight is 324 g/mol. The molecular weight excluding hydrogens is 304 g/mol. The van der Waals surface area contributed by atoms with Gasteiger partial charge in [-0.05, 0) is 43.0 Å². The van der Waals surface area contributed by atoms with E-state index in [0.717, 1.165) is 36.9 Å². The Labute approximate surface area is 130 Å². The number of nitrogens with zero attached hydrogens (tertiary/aromatic N) is 1. The second-order valence-corrected chi connectivity index (χ2v) is 7.47. The van der Waals surface area contributed by atoms with E-state index in [1.54, 1.807) is 17.0 Å². The Balaban J connectivity index is 1.75. The molecule has 1 saturated carbocycles. The van der Waals surface area contributed by atoms with Gasteiger partial charge in [-0.25, -0.2) is 8.42 Å². The lowest BCUT2D eigenvalue weighted by atomic mass is 10.2. The zero-order chi connectivity index (χ0) is 15.7. The molecule has 0 bridgehead atoms. The Kier molecular flexibility index (Phi) is 4.20. The minimum atomic E-state index is -3.68. The number of carbonyl (C=O) groups is 1. The molecule has 2 aliphatic rings. The first-order chi connectivity index (χ1) is 10.5. The summed E-state index contributed by atoms with van der Waals surface area (Å²) >= 11 is 0. The van der Waals surface area contributed by atoms with Gasteiger partial charge in [-0.3, -0.25) is 9.63 Å². The van der Waals surface area contributed by atoms with Gasteiger partial charge in [-0.15, -0.1) is 0 Å².